The minimum atomic E-state index is -0.185. The van der Waals surface area contributed by atoms with E-state index in [0.29, 0.717) is 25.5 Å². The number of hydrogen-bond donors (Lipinski definition) is 3. The van der Waals surface area contributed by atoms with Gasteiger partial charge in [0.05, 0.1) is 12.2 Å². The quantitative estimate of drug-likeness (QED) is 0.662. The Morgan fingerprint density at radius 3 is 2.81 bits per heavy atom. The van der Waals surface area contributed by atoms with E-state index in [-0.39, 0.29) is 17.4 Å². The highest BCUT2D eigenvalue weighted by atomic mass is 16.5. The van der Waals surface area contributed by atoms with Crippen LogP contribution < -0.4 is 10.9 Å². The number of H-pyrrole nitrogens is 2. The summed E-state index contributed by atoms with van der Waals surface area (Å²) in [6.45, 7) is 1.66. The van der Waals surface area contributed by atoms with Crippen molar-refractivity contribution in [3.05, 3.63) is 22.1 Å². The van der Waals surface area contributed by atoms with Gasteiger partial charge in [-0.05, 0) is 12.8 Å². The first-order chi connectivity index (χ1) is 7.75. The Hall–Kier alpha value is -1.56. The van der Waals surface area contributed by atoms with Crippen molar-refractivity contribution >= 4 is 5.91 Å². The summed E-state index contributed by atoms with van der Waals surface area (Å²) in [4.78, 5) is 22.5. The normalized spacial score (nSPS) is 17.2. The van der Waals surface area contributed by atoms with Gasteiger partial charge in [-0.25, -0.2) is 0 Å². The van der Waals surface area contributed by atoms with Gasteiger partial charge in [0.15, 0.2) is 0 Å². The number of amides is 1. The second kappa shape index (κ2) is 4.98. The van der Waals surface area contributed by atoms with Crippen molar-refractivity contribution in [2.24, 2.45) is 5.92 Å². The zero-order valence-electron chi connectivity index (χ0n) is 8.91. The highest BCUT2D eigenvalue weighted by Gasteiger charge is 2.21. The Kier molecular flexibility index (Phi) is 3.40. The Morgan fingerprint density at radius 2 is 2.19 bits per heavy atom. The predicted octanol–water partition coefficient (Wildman–Crippen LogP) is -0.254. The van der Waals surface area contributed by atoms with Gasteiger partial charge in [0.1, 0.15) is 0 Å². The van der Waals surface area contributed by atoms with Crippen LogP contribution in [0.4, 0.5) is 0 Å². The second-order valence-corrected chi connectivity index (χ2v) is 3.89. The largest absolute Gasteiger partial charge is 0.381 e. The molecule has 1 aliphatic heterocycles. The summed E-state index contributed by atoms with van der Waals surface area (Å²) in [6, 6.07) is 1.43. The molecule has 2 heterocycles. The molecule has 0 aliphatic carbocycles. The van der Waals surface area contributed by atoms with Crippen molar-refractivity contribution in [3.8, 4) is 0 Å². The number of carbonyl (C=O) groups excluding carboxylic acids is 1. The number of rotatable bonds is 3. The SMILES string of the molecule is O=C(NCc1cc(=O)[nH][nH]1)C1CCOCC1. The van der Waals surface area contributed by atoms with Gasteiger partial charge in [-0.15, -0.1) is 0 Å². The highest BCUT2D eigenvalue weighted by Crippen LogP contribution is 2.14. The molecule has 0 atom stereocenters. The molecule has 3 N–H and O–H groups in total. The van der Waals surface area contributed by atoms with Crippen LogP contribution in [0.5, 0.6) is 0 Å². The van der Waals surface area contributed by atoms with E-state index in [1.54, 1.807) is 0 Å². The maximum atomic E-state index is 11.7. The highest BCUT2D eigenvalue weighted by molar-refractivity contribution is 5.78. The zero-order valence-corrected chi connectivity index (χ0v) is 8.91. The lowest BCUT2D eigenvalue weighted by atomic mass is 9.99. The van der Waals surface area contributed by atoms with E-state index in [1.807, 2.05) is 0 Å². The molecular formula is C10H15N3O3. The van der Waals surface area contributed by atoms with Crippen LogP contribution in [0.25, 0.3) is 0 Å². The molecule has 1 amide bonds. The summed E-state index contributed by atoms with van der Waals surface area (Å²) >= 11 is 0. The molecule has 1 fully saturated rings. The van der Waals surface area contributed by atoms with Gasteiger partial charge in [0, 0.05) is 25.2 Å². The summed E-state index contributed by atoms with van der Waals surface area (Å²) in [5.41, 5.74) is 0.501. The molecule has 0 unspecified atom stereocenters. The number of nitrogens with one attached hydrogen (secondary N) is 3. The molecule has 1 aromatic rings. The van der Waals surface area contributed by atoms with Crippen molar-refractivity contribution in [1.29, 1.82) is 0 Å². The summed E-state index contributed by atoms with van der Waals surface area (Å²) in [7, 11) is 0. The molecule has 0 spiro atoms. The van der Waals surface area contributed by atoms with Gasteiger partial charge in [-0.2, -0.15) is 0 Å². The summed E-state index contributed by atoms with van der Waals surface area (Å²) in [5.74, 6) is 0.0739. The summed E-state index contributed by atoms with van der Waals surface area (Å²) < 4.78 is 5.18. The number of aromatic amines is 2. The maximum absolute atomic E-state index is 11.7. The van der Waals surface area contributed by atoms with Gasteiger partial charge in [0.25, 0.3) is 5.56 Å². The fraction of sp³-hybridized carbons (Fsp3) is 0.600. The smallest absolute Gasteiger partial charge is 0.264 e. The average Bonchev–Trinajstić information content (AvgIpc) is 2.73. The number of carbonyl (C=O) groups is 1. The van der Waals surface area contributed by atoms with E-state index >= 15 is 0 Å². The molecule has 0 aromatic carbocycles. The molecule has 1 aromatic heterocycles. The molecule has 2 rings (SSSR count). The van der Waals surface area contributed by atoms with Crippen LogP contribution in [0, 0.1) is 5.92 Å². The van der Waals surface area contributed by atoms with E-state index in [2.05, 4.69) is 15.5 Å². The molecule has 6 nitrogen and oxygen atoms in total. The monoisotopic (exact) mass is 225 g/mol. The van der Waals surface area contributed by atoms with Crippen molar-refractivity contribution in [2.45, 2.75) is 19.4 Å². The van der Waals surface area contributed by atoms with Crippen LogP contribution in [-0.2, 0) is 16.1 Å². The van der Waals surface area contributed by atoms with Gasteiger partial charge in [-0.3, -0.25) is 14.7 Å². The Morgan fingerprint density at radius 1 is 1.44 bits per heavy atom. The molecular weight excluding hydrogens is 210 g/mol. The lowest BCUT2D eigenvalue weighted by Gasteiger charge is -2.20. The molecule has 1 aliphatic rings. The first kappa shape index (κ1) is 10.9. The number of aromatic nitrogens is 2. The molecule has 0 bridgehead atoms. The number of hydrogen-bond acceptors (Lipinski definition) is 3. The van der Waals surface area contributed by atoms with Crippen LogP contribution in [-0.4, -0.2) is 29.3 Å². The third-order valence-electron chi connectivity index (χ3n) is 2.70. The Labute approximate surface area is 92.4 Å². The third-order valence-corrected chi connectivity index (χ3v) is 2.70. The maximum Gasteiger partial charge on any atom is 0.264 e. The topological polar surface area (TPSA) is 87.0 Å². The average molecular weight is 225 g/mol. The van der Waals surface area contributed by atoms with Gasteiger partial charge < -0.3 is 15.2 Å². The first-order valence-electron chi connectivity index (χ1n) is 5.38. The Balaban J connectivity index is 1.81. The summed E-state index contributed by atoms with van der Waals surface area (Å²) in [5, 5.41) is 7.90. The minimum absolute atomic E-state index is 0.0327. The standard InChI is InChI=1S/C10H15N3O3/c14-9-5-8(12-13-9)6-11-10(15)7-1-3-16-4-2-7/h5,7H,1-4,6H2,(H,11,15)(H2,12,13,14). The lowest BCUT2D eigenvalue weighted by Crippen LogP contribution is -2.33. The molecule has 6 heteroatoms. The van der Waals surface area contributed by atoms with E-state index in [1.165, 1.54) is 6.07 Å². The summed E-state index contributed by atoms with van der Waals surface area (Å²) in [6.07, 6.45) is 1.55. The minimum Gasteiger partial charge on any atom is -0.381 e. The van der Waals surface area contributed by atoms with Crippen molar-refractivity contribution < 1.29 is 9.53 Å². The van der Waals surface area contributed by atoms with Gasteiger partial charge in [0.2, 0.25) is 5.91 Å². The van der Waals surface area contributed by atoms with Crippen molar-refractivity contribution in [2.75, 3.05) is 13.2 Å². The lowest BCUT2D eigenvalue weighted by molar-refractivity contribution is -0.128. The van der Waals surface area contributed by atoms with Gasteiger partial charge >= 0.3 is 0 Å². The fourth-order valence-corrected chi connectivity index (χ4v) is 1.75. The van der Waals surface area contributed by atoms with Gasteiger partial charge in [-0.1, -0.05) is 0 Å². The van der Waals surface area contributed by atoms with Crippen LogP contribution in [0.1, 0.15) is 18.5 Å². The fourth-order valence-electron chi connectivity index (χ4n) is 1.75. The van der Waals surface area contributed by atoms with Crippen LogP contribution in [0.15, 0.2) is 10.9 Å². The van der Waals surface area contributed by atoms with Crippen molar-refractivity contribution in [3.63, 3.8) is 0 Å². The first-order valence-corrected chi connectivity index (χ1v) is 5.38. The second-order valence-electron chi connectivity index (χ2n) is 3.89. The molecule has 0 saturated carbocycles. The molecule has 0 radical (unpaired) electrons. The van der Waals surface area contributed by atoms with Crippen LogP contribution >= 0.6 is 0 Å². The molecule has 16 heavy (non-hydrogen) atoms. The van der Waals surface area contributed by atoms with E-state index in [4.69, 9.17) is 4.74 Å². The number of ether oxygens (including phenoxy) is 1. The molecule has 1 saturated heterocycles. The van der Waals surface area contributed by atoms with E-state index < -0.39 is 0 Å². The zero-order chi connectivity index (χ0) is 11.4. The predicted molar refractivity (Wildman–Crippen MR) is 56.8 cm³/mol. The van der Waals surface area contributed by atoms with Crippen LogP contribution in [0.3, 0.4) is 0 Å². The third kappa shape index (κ3) is 2.73. The van der Waals surface area contributed by atoms with E-state index in [9.17, 15) is 9.59 Å². The Bertz CT molecular complexity index is 403. The molecule has 88 valence electrons. The van der Waals surface area contributed by atoms with Crippen LogP contribution in [0.2, 0.25) is 0 Å². The van der Waals surface area contributed by atoms with E-state index in [0.717, 1.165) is 12.8 Å². The van der Waals surface area contributed by atoms with Crippen molar-refractivity contribution in [1.82, 2.24) is 15.5 Å².